The summed E-state index contributed by atoms with van der Waals surface area (Å²) >= 11 is 1.45. The molecule has 0 aromatic carbocycles. The summed E-state index contributed by atoms with van der Waals surface area (Å²) in [6.07, 6.45) is 5.89. The van der Waals surface area contributed by atoms with Crippen molar-refractivity contribution in [3.63, 3.8) is 0 Å². The third-order valence-corrected chi connectivity index (χ3v) is 3.11. The molecule has 0 unspecified atom stereocenters. The molecule has 0 aromatic rings. The fraction of sp³-hybridized carbons (Fsp3) is 0.812. The number of carboxylic acid groups (broad SMARTS) is 3. The Bertz CT molecular complexity index is 229. The van der Waals surface area contributed by atoms with Crippen LogP contribution in [0.1, 0.15) is 79.1 Å². The van der Waals surface area contributed by atoms with Gasteiger partial charge in [-0.3, -0.25) is 14.4 Å². The summed E-state index contributed by atoms with van der Waals surface area (Å²) in [6, 6.07) is 0. The van der Waals surface area contributed by atoms with E-state index in [-0.39, 0.29) is 0 Å². The van der Waals surface area contributed by atoms with Crippen LogP contribution in [0.4, 0.5) is 0 Å². The van der Waals surface area contributed by atoms with Gasteiger partial charge < -0.3 is 15.3 Å². The molecule has 6 nitrogen and oxygen atoms in total. The van der Waals surface area contributed by atoms with Crippen LogP contribution in [0.15, 0.2) is 0 Å². The predicted molar refractivity (Wildman–Crippen MR) is 94.5 cm³/mol. The van der Waals surface area contributed by atoms with E-state index < -0.39 is 17.9 Å². The van der Waals surface area contributed by atoms with E-state index in [2.05, 4.69) is 6.92 Å². The van der Waals surface area contributed by atoms with Gasteiger partial charge in [0.05, 0.1) is 0 Å². The molecule has 23 heavy (non-hydrogen) atoms. The number of hydrogen-bond donors (Lipinski definition) is 3. The van der Waals surface area contributed by atoms with Crippen LogP contribution in [0.25, 0.3) is 0 Å². The summed E-state index contributed by atoms with van der Waals surface area (Å²) in [7, 11) is 0. The normalized spacial score (nSPS) is 8.22. The summed E-state index contributed by atoms with van der Waals surface area (Å²) < 4.78 is 1.47. The number of aliphatic carboxylic acids is 3. The van der Waals surface area contributed by atoms with E-state index >= 15 is 0 Å². The number of rotatable bonds is 8. The standard InChI is InChI=1S/3C4H8O2.C4H9.Sn.H/c3*1-2-3-4(5)6;1-3-4-2;;/h3*2-3H2,1H3,(H,5,6);1,3-4H2,2H3;;. The van der Waals surface area contributed by atoms with Gasteiger partial charge in [0, 0.05) is 19.3 Å². The van der Waals surface area contributed by atoms with Crippen molar-refractivity contribution in [1.29, 1.82) is 0 Å². The van der Waals surface area contributed by atoms with E-state index in [9.17, 15) is 14.4 Å². The zero-order chi connectivity index (χ0) is 19.1. The van der Waals surface area contributed by atoms with E-state index in [1.165, 1.54) is 39.8 Å². The van der Waals surface area contributed by atoms with Crippen molar-refractivity contribution in [2.24, 2.45) is 0 Å². The van der Waals surface area contributed by atoms with E-state index in [0.717, 1.165) is 19.3 Å². The Morgan fingerprint density at radius 1 is 0.652 bits per heavy atom. The van der Waals surface area contributed by atoms with Crippen molar-refractivity contribution in [2.45, 2.75) is 83.5 Å². The number of carboxylic acids is 3. The van der Waals surface area contributed by atoms with Gasteiger partial charge in [-0.2, -0.15) is 0 Å². The molecule has 0 aliphatic heterocycles. The monoisotopic (exact) mass is 442 g/mol. The molecule has 0 saturated heterocycles. The molecule has 2 radical (unpaired) electrons. The molecule has 0 aromatic heterocycles. The summed E-state index contributed by atoms with van der Waals surface area (Å²) in [5.74, 6) is -2.13. The zero-order valence-corrected chi connectivity index (χ0v) is 18.3. The van der Waals surface area contributed by atoms with Crippen LogP contribution in [0.3, 0.4) is 0 Å². The van der Waals surface area contributed by atoms with E-state index in [1.807, 2.05) is 20.8 Å². The number of unbranched alkanes of at least 4 members (excludes halogenated alkanes) is 1. The summed E-state index contributed by atoms with van der Waals surface area (Å²) in [4.78, 5) is 28.8. The van der Waals surface area contributed by atoms with Gasteiger partial charge >= 0.3 is 64.6 Å². The van der Waals surface area contributed by atoms with Crippen LogP contribution in [0.2, 0.25) is 4.44 Å². The van der Waals surface area contributed by atoms with Gasteiger partial charge in [-0.1, -0.05) is 20.8 Å². The number of carbonyl (C=O) groups is 3. The number of hydrogen-bond acceptors (Lipinski definition) is 3. The van der Waals surface area contributed by atoms with Gasteiger partial charge in [0.15, 0.2) is 0 Å². The molecule has 0 heterocycles. The first-order valence-electron chi connectivity index (χ1n) is 8.08. The van der Waals surface area contributed by atoms with Gasteiger partial charge in [-0.05, 0) is 19.3 Å². The van der Waals surface area contributed by atoms with Gasteiger partial charge in [0.25, 0.3) is 0 Å². The quantitative estimate of drug-likeness (QED) is 0.496. The average Bonchev–Trinajstić information content (AvgIpc) is 2.41. The van der Waals surface area contributed by atoms with Crippen LogP contribution in [-0.4, -0.2) is 55.8 Å². The minimum absolute atomic E-state index is 0.292. The second-order valence-corrected chi connectivity index (χ2v) is 6.22. The van der Waals surface area contributed by atoms with Gasteiger partial charge in [-0.25, -0.2) is 0 Å². The van der Waals surface area contributed by atoms with Crippen molar-refractivity contribution in [2.75, 3.05) is 0 Å². The molecule has 0 bridgehead atoms. The van der Waals surface area contributed by atoms with Gasteiger partial charge in [0.1, 0.15) is 0 Å². The van der Waals surface area contributed by atoms with E-state index in [0.29, 0.717) is 19.3 Å². The molecule has 0 aliphatic carbocycles. The Kier molecular flexibility index (Phi) is 38.3. The first kappa shape index (κ1) is 30.1. The Balaban J connectivity index is -0.000000105. The van der Waals surface area contributed by atoms with Crippen molar-refractivity contribution < 1.29 is 29.7 Å². The first-order valence-corrected chi connectivity index (χ1v) is 10.4. The predicted octanol–water partition coefficient (Wildman–Crippen LogP) is 3.72. The van der Waals surface area contributed by atoms with Gasteiger partial charge in [-0.15, -0.1) is 0 Å². The van der Waals surface area contributed by atoms with Crippen molar-refractivity contribution in [1.82, 2.24) is 0 Å². The van der Waals surface area contributed by atoms with Crippen LogP contribution < -0.4 is 0 Å². The molecular weight excluding hydrogens is 407 g/mol. The summed E-state index contributed by atoms with van der Waals surface area (Å²) in [6.45, 7) is 7.76. The van der Waals surface area contributed by atoms with Crippen LogP contribution in [-0.2, 0) is 14.4 Å². The van der Waals surface area contributed by atoms with Crippen molar-refractivity contribution in [3.8, 4) is 0 Å². The molecule has 0 saturated carbocycles. The Morgan fingerprint density at radius 2 is 0.913 bits per heavy atom. The summed E-state index contributed by atoms with van der Waals surface area (Å²) in [5.41, 5.74) is 0. The average molecular weight is 441 g/mol. The third kappa shape index (κ3) is 75.1. The summed E-state index contributed by atoms with van der Waals surface area (Å²) in [5, 5.41) is 23.7. The van der Waals surface area contributed by atoms with Crippen molar-refractivity contribution in [3.05, 3.63) is 0 Å². The second-order valence-electron chi connectivity index (χ2n) is 4.57. The molecular formula is C16H34O6Sn. The minimum atomic E-state index is -0.711. The first-order chi connectivity index (χ1) is 10.7. The fourth-order valence-corrected chi connectivity index (χ4v) is 2.01. The van der Waals surface area contributed by atoms with E-state index in [1.54, 1.807) is 0 Å². The van der Waals surface area contributed by atoms with Crippen LogP contribution >= 0.6 is 0 Å². The zero-order valence-electron chi connectivity index (χ0n) is 15.0. The molecule has 0 rings (SSSR count). The Labute approximate surface area is 153 Å². The molecule has 0 fully saturated rings. The fourth-order valence-electron chi connectivity index (χ4n) is 0.846. The van der Waals surface area contributed by atoms with Crippen LogP contribution in [0, 0.1) is 0 Å². The maximum absolute atomic E-state index is 9.60. The molecule has 0 spiro atoms. The third-order valence-electron chi connectivity index (χ3n) is 1.95. The van der Waals surface area contributed by atoms with Crippen LogP contribution in [0.5, 0.6) is 0 Å². The Hall–Kier alpha value is -0.791. The molecule has 0 aliphatic rings. The molecule has 7 heteroatoms. The molecule has 138 valence electrons. The second kappa shape index (κ2) is 29.2. The van der Waals surface area contributed by atoms with Crippen molar-refractivity contribution >= 4 is 40.4 Å². The Morgan fingerprint density at radius 3 is 0.913 bits per heavy atom. The van der Waals surface area contributed by atoms with E-state index in [4.69, 9.17) is 15.3 Å². The molecule has 0 atom stereocenters. The SMILES string of the molecule is CCCC(=O)O.CCCC(=O)O.CCCC(=O)O.CCC[CH2][SnH]. The van der Waals surface area contributed by atoms with Gasteiger partial charge in [0.2, 0.25) is 0 Å². The topological polar surface area (TPSA) is 112 Å². The molecule has 0 amide bonds. The maximum atomic E-state index is 9.60. The molecule has 3 N–H and O–H groups in total.